The Balaban J connectivity index is 1.45. The van der Waals surface area contributed by atoms with E-state index in [2.05, 4.69) is 25.7 Å². The second-order valence-corrected chi connectivity index (χ2v) is 7.99. The standard InChI is InChI=1S/C20H37N7O/c1-17-24-25-19(26(17)2)16-23-20(21-9-5-8-18-6-3-4-7-18)22-10-11-27-12-14-28-15-13-27/h18H,3-16H2,1-2H3,(H2,21,22,23). The van der Waals surface area contributed by atoms with Gasteiger partial charge in [0.1, 0.15) is 12.4 Å². The van der Waals surface area contributed by atoms with Crippen molar-refractivity contribution in [2.75, 3.05) is 45.9 Å². The highest BCUT2D eigenvalue weighted by atomic mass is 16.5. The molecule has 2 aliphatic rings. The maximum Gasteiger partial charge on any atom is 0.191 e. The van der Waals surface area contributed by atoms with Crippen molar-refractivity contribution in [1.82, 2.24) is 30.3 Å². The summed E-state index contributed by atoms with van der Waals surface area (Å²) in [6.07, 6.45) is 8.22. The second kappa shape index (κ2) is 11.4. The molecule has 1 saturated heterocycles. The first-order valence-electron chi connectivity index (χ1n) is 10.9. The van der Waals surface area contributed by atoms with Gasteiger partial charge in [0.15, 0.2) is 11.8 Å². The number of aromatic nitrogens is 3. The van der Waals surface area contributed by atoms with E-state index in [0.29, 0.717) is 6.54 Å². The quantitative estimate of drug-likeness (QED) is 0.377. The fraction of sp³-hybridized carbons (Fsp3) is 0.850. The zero-order chi connectivity index (χ0) is 19.6. The van der Waals surface area contributed by atoms with Gasteiger partial charge in [0.25, 0.3) is 0 Å². The van der Waals surface area contributed by atoms with Crippen LogP contribution in [0, 0.1) is 12.8 Å². The predicted molar refractivity (Wildman–Crippen MR) is 111 cm³/mol. The van der Waals surface area contributed by atoms with Gasteiger partial charge in [0.05, 0.1) is 13.2 Å². The van der Waals surface area contributed by atoms with E-state index in [0.717, 1.165) is 69.5 Å². The molecule has 0 spiro atoms. The molecule has 2 fully saturated rings. The number of hydrogen-bond acceptors (Lipinski definition) is 5. The fourth-order valence-electron chi connectivity index (χ4n) is 3.97. The zero-order valence-electron chi connectivity index (χ0n) is 17.6. The largest absolute Gasteiger partial charge is 0.379 e. The summed E-state index contributed by atoms with van der Waals surface area (Å²) in [7, 11) is 1.99. The lowest BCUT2D eigenvalue weighted by atomic mass is 10.0. The van der Waals surface area contributed by atoms with Gasteiger partial charge in [-0.3, -0.25) is 4.90 Å². The summed E-state index contributed by atoms with van der Waals surface area (Å²) in [6, 6.07) is 0. The first-order valence-corrected chi connectivity index (χ1v) is 10.9. The van der Waals surface area contributed by atoms with E-state index >= 15 is 0 Å². The van der Waals surface area contributed by atoms with Gasteiger partial charge in [-0.15, -0.1) is 10.2 Å². The number of ether oxygens (including phenoxy) is 1. The van der Waals surface area contributed by atoms with Crippen LogP contribution in [-0.4, -0.2) is 71.6 Å². The molecule has 0 bridgehead atoms. The number of aryl methyl sites for hydroxylation is 1. The van der Waals surface area contributed by atoms with Crippen molar-refractivity contribution in [2.24, 2.45) is 18.0 Å². The summed E-state index contributed by atoms with van der Waals surface area (Å²) in [4.78, 5) is 7.18. The molecule has 1 aromatic heterocycles. The summed E-state index contributed by atoms with van der Waals surface area (Å²) in [5.74, 6) is 3.62. The lowest BCUT2D eigenvalue weighted by Gasteiger charge is -2.26. The summed E-state index contributed by atoms with van der Waals surface area (Å²) in [5, 5.41) is 15.3. The van der Waals surface area contributed by atoms with Crippen LogP contribution in [0.5, 0.6) is 0 Å². The summed E-state index contributed by atoms with van der Waals surface area (Å²) in [6.45, 7) is 9.06. The highest BCUT2D eigenvalue weighted by Crippen LogP contribution is 2.28. The number of nitrogens with zero attached hydrogens (tertiary/aromatic N) is 5. The molecule has 0 amide bonds. The van der Waals surface area contributed by atoms with Crippen molar-refractivity contribution >= 4 is 5.96 Å². The van der Waals surface area contributed by atoms with Crippen LogP contribution < -0.4 is 10.6 Å². The molecule has 1 aliphatic heterocycles. The molecule has 3 rings (SSSR count). The summed E-state index contributed by atoms with van der Waals surface area (Å²) < 4.78 is 7.42. The van der Waals surface area contributed by atoms with Crippen LogP contribution in [0.2, 0.25) is 0 Å². The van der Waals surface area contributed by atoms with Crippen LogP contribution in [-0.2, 0) is 18.3 Å². The SMILES string of the molecule is Cc1nnc(CN=C(NCCCC2CCCC2)NCCN2CCOCC2)n1C. The van der Waals surface area contributed by atoms with Gasteiger partial charge in [-0.05, 0) is 25.7 Å². The molecule has 0 aromatic carbocycles. The van der Waals surface area contributed by atoms with Crippen LogP contribution >= 0.6 is 0 Å². The number of rotatable bonds is 9. The lowest BCUT2D eigenvalue weighted by molar-refractivity contribution is 0.0389. The van der Waals surface area contributed by atoms with Gasteiger partial charge < -0.3 is 19.9 Å². The van der Waals surface area contributed by atoms with Crippen LogP contribution in [0.15, 0.2) is 4.99 Å². The van der Waals surface area contributed by atoms with Crippen molar-refractivity contribution in [3.05, 3.63) is 11.6 Å². The molecular formula is C20H37N7O. The molecular weight excluding hydrogens is 354 g/mol. The number of morpholine rings is 1. The third kappa shape index (κ3) is 6.74. The Bertz CT molecular complexity index is 604. The van der Waals surface area contributed by atoms with Crippen molar-refractivity contribution in [3.8, 4) is 0 Å². The van der Waals surface area contributed by atoms with Crippen LogP contribution in [0.25, 0.3) is 0 Å². The van der Waals surface area contributed by atoms with Gasteiger partial charge >= 0.3 is 0 Å². The first kappa shape index (κ1) is 21.0. The first-order chi connectivity index (χ1) is 13.7. The molecule has 2 heterocycles. The van der Waals surface area contributed by atoms with Gasteiger partial charge in [-0.25, -0.2) is 4.99 Å². The van der Waals surface area contributed by atoms with Gasteiger partial charge in [0, 0.05) is 39.8 Å². The second-order valence-electron chi connectivity index (χ2n) is 7.99. The molecule has 2 N–H and O–H groups in total. The van der Waals surface area contributed by atoms with E-state index in [1.807, 2.05) is 18.5 Å². The lowest BCUT2D eigenvalue weighted by Crippen LogP contribution is -2.44. The number of nitrogens with one attached hydrogen (secondary N) is 2. The van der Waals surface area contributed by atoms with Gasteiger partial charge in [-0.2, -0.15) is 0 Å². The molecule has 0 atom stereocenters. The Hall–Kier alpha value is -1.67. The summed E-state index contributed by atoms with van der Waals surface area (Å²) >= 11 is 0. The third-order valence-corrected chi connectivity index (χ3v) is 5.94. The Morgan fingerprint density at radius 1 is 1.14 bits per heavy atom. The predicted octanol–water partition coefficient (Wildman–Crippen LogP) is 1.46. The van der Waals surface area contributed by atoms with E-state index in [1.54, 1.807) is 0 Å². The van der Waals surface area contributed by atoms with Crippen LogP contribution in [0.1, 0.15) is 50.2 Å². The molecule has 1 saturated carbocycles. The summed E-state index contributed by atoms with van der Waals surface area (Å²) in [5.41, 5.74) is 0. The van der Waals surface area contributed by atoms with E-state index in [4.69, 9.17) is 9.73 Å². The number of hydrogen-bond donors (Lipinski definition) is 2. The zero-order valence-corrected chi connectivity index (χ0v) is 17.6. The molecule has 28 heavy (non-hydrogen) atoms. The van der Waals surface area contributed by atoms with Crippen molar-refractivity contribution in [3.63, 3.8) is 0 Å². The Morgan fingerprint density at radius 2 is 1.89 bits per heavy atom. The van der Waals surface area contributed by atoms with Gasteiger partial charge in [0.2, 0.25) is 0 Å². The average Bonchev–Trinajstić information content (AvgIpc) is 3.34. The maximum atomic E-state index is 5.42. The highest BCUT2D eigenvalue weighted by molar-refractivity contribution is 5.79. The molecule has 1 aromatic rings. The normalized spacial score (nSPS) is 19.3. The minimum Gasteiger partial charge on any atom is -0.379 e. The van der Waals surface area contributed by atoms with Crippen molar-refractivity contribution in [2.45, 2.75) is 52.0 Å². The molecule has 1 aliphatic carbocycles. The van der Waals surface area contributed by atoms with Crippen molar-refractivity contribution < 1.29 is 4.74 Å². The smallest absolute Gasteiger partial charge is 0.191 e. The topological polar surface area (TPSA) is 79.6 Å². The Kier molecular flexibility index (Phi) is 8.54. The molecule has 158 valence electrons. The van der Waals surface area contributed by atoms with E-state index in [9.17, 15) is 0 Å². The highest BCUT2D eigenvalue weighted by Gasteiger charge is 2.14. The van der Waals surface area contributed by atoms with Crippen molar-refractivity contribution in [1.29, 1.82) is 0 Å². The molecule has 8 heteroatoms. The van der Waals surface area contributed by atoms with E-state index in [-0.39, 0.29) is 0 Å². The fourth-order valence-corrected chi connectivity index (χ4v) is 3.97. The average molecular weight is 392 g/mol. The monoisotopic (exact) mass is 391 g/mol. The third-order valence-electron chi connectivity index (χ3n) is 5.94. The number of guanidine groups is 1. The minimum atomic E-state index is 0.535. The Morgan fingerprint density at radius 3 is 2.61 bits per heavy atom. The minimum absolute atomic E-state index is 0.535. The van der Waals surface area contributed by atoms with Crippen LogP contribution in [0.4, 0.5) is 0 Å². The van der Waals surface area contributed by atoms with Crippen LogP contribution in [0.3, 0.4) is 0 Å². The molecule has 0 unspecified atom stereocenters. The van der Waals surface area contributed by atoms with Gasteiger partial charge in [-0.1, -0.05) is 25.7 Å². The van der Waals surface area contributed by atoms with E-state index in [1.165, 1.54) is 38.5 Å². The maximum absolute atomic E-state index is 5.42. The molecule has 0 radical (unpaired) electrons. The number of aliphatic imine (C=N–C) groups is 1. The Labute approximate surface area is 169 Å². The van der Waals surface area contributed by atoms with E-state index < -0.39 is 0 Å². The molecule has 8 nitrogen and oxygen atoms in total.